The van der Waals surface area contributed by atoms with Crippen LogP contribution in [0, 0.1) is 6.92 Å². The van der Waals surface area contributed by atoms with Crippen LogP contribution in [0.4, 0.5) is 11.6 Å². The van der Waals surface area contributed by atoms with E-state index in [9.17, 15) is 0 Å². The minimum Gasteiger partial charge on any atom is -0.384 e. The van der Waals surface area contributed by atoms with Gasteiger partial charge in [0.25, 0.3) is 0 Å². The first-order chi connectivity index (χ1) is 12.5. The van der Waals surface area contributed by atoms with Crippen molar-refractivity contribution in [2.45, 2.75) is 26.8 Å². The SMILES string of the molecule is Cc1nc2ccc(N3CCN(C(C)C)CC3)nn2c1-c1ccnc(N)c1. The number of imidazole rings is 1. The van der Waals surface area contributed by atoms with Crippen LogP contribution in [0.25, 0.3) is 16.9 Å². The maximum absolute atomic E-state index is 5.87. The molecule has 0 unspecified atom stereocenters. The van der Waals surface area contributed by atoms with Crippen molar-refractivity contribution >= 4 is 17.3 Å². The van der Waals surface area contributed by atoms with Gasteiger partial charge in [-0.3, -0.25) is 4.90 Å². The maximum Gasteiger partial charge on any atom is 0.154 e. The molecule has 0 radical (unpaired) electrons. The molecule has 0 aromatic carbocycles. The molecule has 1 fully saturated rings. The van der Waals surface area contributed by atoms with Crippen molar-refractivity contribution in [3.05, 3.63) is 36.2 Å². The lowest BCUT2D eigenvalue weighted by Gasteiger charge is -2.37. The largest absolute Gasteiger partial charge is 0.384 e. The lowest BCUT2D eigenvalue weighted by molar-refractivity contribution is 0.209. The minimum atomic E-state index is 0.498. The van der Waals surface area contributed by atoms with Crippen molar-refractivity contribution in [2.24, 2.45) is 0 Å². The average molecular weight is 351 g/mol. The van der Waals surface area contributed by atoms with Gasteiger partial charge in [0.2, 0.25) is 0 Å². The summed E-state index contributed by atoms with van der Waals surface area (Å²) in [6.07, 6.45) is 1.72. The molecule has 3 aromatic rings. The van der Waals surface area contributed by atoms with Crippen LogP contribution in [0.1, 0.15) is 19.5 Å². The number of nitrogens with two attached hydrogens (primary N) is 1. The number of nitrogens with zero attached hydrogens (tertiary/aromatic N) is 6. The quantitative estimate of drug-likeness (QED) is 0.780. The molecule has 0 saturated carbocycles. The van der Waals surface area contributed by atoms with Crippen LogP contribution in [0.2, 0.25) is 0 Å². The van der Waals surface area contributed by atoms with Crippen molar-refractivity contribution < 1.29 is 0 Å². The van der Waals surface area contributed by atoms with Crippen LogP contribution in [0.5, 0.6) is 0 Å². The Bertz CT molecular complexity index is 923. The van der Waals surface area contributed by atoms with Gasteiger partial charge in [0.15, 0.2) is 5.65 Å². The van der Waals surface area contributed by atoms with E-state index in [1.807, 2.05) is 29.6 Å². The zero-order valence-electron chi connectivity index (χ0n) is 15.6. The lowest BCUT2D eigenvalue weighted by atomic mass is 10.1. The lowest BCUT2D eigenvalue weighted by Crippen LogP contribution is -2.49. The number of rotatable bonds is 3. The van der Waals surface area contributed by atoms with Crippen LogP contribution in [0.3, 0.4) is 0 Å². The third-order valence-corrected chi connectivity index (χ3v) is 5.06. The Morgan fingerprint density at radius 3 is 2.54 bits per heavy atom. The number of nitrogen functional groups attached to an aromatic ring is 1. The second-order valence-corrected chi connectivity index (χ2v) is 7.09. The minimum absolute atomic E-state index is 0.498. The van der Waals surface area contributed by atoms with Gasteiger partial charge in [-0.15, -0.1) is 5.10 Å². The maximum atomic E-state index is 5.87. The summed E-state index contributed by atoms with van der Waals surface area (Å²) in [5.41, 5.74) is 9.60. The monoisotopic (exact) mass is 351 g/mol. The molecule has 0 spiro atoms. The highest BCUT2D eigenvalue weighted by Gasteiger charge is 2.21. The smallest absolute Gasteiger partial charge is 0.154 e. The van der Waals surface area contributed by atoms with E-state index in [0.29, 0.717) is 11.9 Å². The molecular weight excluding hydrogens is 326 g/mol. The van der Waals surface area contributed by atoms with Crippen LogP contribution in [0.15, 0.2) is 30.5 Å². The first-order valence-corrected chi connectivity index (χ1v) is 9.10. The first-order valence-electron chi connectivity index (χ1n) is 9.10. The van der Waals surface area contributed by atoms with Gasteiger partial charge in [0.05, 0.1) is 11.4 Å². The number of fused-ring (bicyclic) bond motifs is 1. The number of pyridine rings is 1. The molecule has 26 heavy (non-hydrogen) atoms. The predicted octanol–water partition coefficient (Wildman–Crippen LogP) is 2.21. The standard InChI is InChI=1S/C19H25N7/c1-13(2)24-8-10-25(11-9-24)18-5-4-17-22-14(3)19(26(17)23-18)15-6-7-21-16(20)12-15/h4-7,12-13H,8-11H2,1-3H3,(H2,20,21). The molecule has 1 aliphatic heterocycles. The zero-order chi connectivity index (χ0) is 18.3. The van der Waals surface area contributed by atoms with E-state index >= 15 is 0 Å². The summed E-state index contributed by atoms with van der Waals surface area (Å²) in [6, 6.07) is 8.51. The summed E-state index contributed by atoms with van der Waals surface area (Å²) >= 11 is 0. The van der Waals surface area contributed by atoms with Gasteiger partial charge < -0.3 is 10.6 Å². The molecule has 7 nitrogen and oxygen atoms in total. The first kappa shape index (κ1) is 16.8. The number of aromatic nitrogens is 4. The topological polar surface area (TPSA) is 75.6 Å². The molecule has 0 atom stereocenters. The second-order valence-electron chi connectivity index (χ2n) is 7.09. The molecule has 2 N–H and O–H groups in total. The Balaban J connectivity index is 1.70. The van der Waals surface area contributed by atoms with Crippen molar-refractivity contribution in [1.82, 2.24) is 24.5 Å². The highest BCUT2D eigenvalue weighted by molar-refractivity contribution is 5.68. The third-order valence-electron chi connectivity index (χ3n) is 5.06. The van der Waals surface area contributed by atoms with Gasteiger partial charge in [-0.25, -0.2) is 14.5 Å². The van der Waals surface area contributed by atoms with E-state index in [1.165, 1.54) is 0 Å². The normalized spacial score (nSPS) is 15.9. The molecule has 1 saturated heterocycles. The van der Waals surface area contributed by atoms with Gasteiger partial charge in [0, 0.05) is 44.0 Å². The summed E-state index contributed by atoms with van der Waals surface area (Å²) in [5, 5.41) is 4.90. The molecule has 0 aliphatic carbocycles. The molecule has 4 heterocycles. The Labute approximate surface area is 153 Å². The van der Waals surface area contributed by atoms with E-state index in [1.54, 1.807) is 6.20 Å². The summed E-state index contributed by atoms with van der Waals surface area (Å²) in [6.45, 7) is 10.6. The Hall–Kier alpha value is -2.67. The summed E-state index contributed by atoms with van der Waals surface area (Å²) in [7, 11) is 0. The van der Waals surface area contributed by atoms with E-state index in [0.717, 1.165) is 54.6 Å². The predicted molar refractivity (Wildman–Crippen MR) is 104 cm³/mol. The van der Waals surface area contributed by atoms with E-state index in [-0.39, 0.29) is 0 Å². The van der Waals surface area contributed by atoms with Crippen molar-refractivity contribution in [3.8, 4) is 11.3 Å². The highest BCUT2D eigenvalue weighted by atomic mass is 15.4. The Kier molecular flexibility index (Phi) is 4.24. The molecule has 3 aromatic heterocycles. The van der Waals surface area contributed by atoms with Crippen molar-refractivity contribution in [2.75, 3.05) is 36.8 Å². The molecule has 1 aliphatic rings. The summed E-state index contributed by atoms with van der Waals surface area (Å²) < 4.78 is 1.92. The second kappa shape index (κ2) is 6.57. The Morgan fingerprint density at radius 1 is 1.08 bits per heavy atom. The average Bonchev–Trinajstić information content (AvgIpc) is 2.96. The van der Waals surface area contributed by atoms with E-state index in [4.69, 9.17) is 10.8 Å². The van der Waals surface area contributed by atoms with E-state index in [2.05, 4.69) is 39.7 Å². The van der Waals surface area contributed by atoms with Gasteiger partial charge in [0.1, 0.15) is 11.6 Å². The molecule has 7 heteroatoms. The molecule has 4 rings (SSSR count). The molecule has 136 valence electrons. The number of anilines is 2. The van der Waals surface area contributed by atoms with Crippen molar-refractivity contribution in [3.63, 3.8) is 0 Å². The molecule has 0 bridgehead atoms. The fraction of sp³-hybridized carbons (Fsp3) is 0.421. The summed E-state index contributed by atoms with van der Waals surface area (Å²) in [5.74, 6) is 1.49. The summed E-state index contributed by atoms with van der Waals surface area (Å²) in [4.78, 5) is 13.6. The van der Waals surface area contributed by atoms with Crippen LogP contribution < -0.4 is 10.6 Å². The van der Waals surface area contributed by atoms with Gasteiger partial charge in [-0.2, -0.15) is 0 Å². The van der Waals surface area contributed by atoms with E-state index < -0.39 is 0 Å². The third kappa shape index (κ3) is 2.99. The zero-order valence-corrected chi connectivity index (χ0v) is 15.6. The van der Waals surface area contributed by atoms with Gasteiger partial charge in [-0.05, 0) is 45.0 Å². The van der Waals surface area contributed by atoms with Gasteiger partial charge in [-0.1, -0.05) is 0 Å². The molecular formula is C19H25N7. The molecule has 0 amide bonds. The number of aryl methyl sites for hydroxylation is 1. The highest BCUT2D eigenvalue weighted by Crippen LogP contribution is 2.26. The van der Waals surface area contributed by atoms with Crippen LogP contribution in [-0.2, 0) is 0 Å². The number of hydrogen-bond donors (Lipinski definition) is 1. The Morgan fingerprint density at radius 2 is 1.85 bits per heavy atom. The van der Waals surface area contributed by atoms with Gasteiger partial charge >= 0.3 is 0 Å². The fourth-order valence-corrected chi connectivity index (χ4v) is 3.60. The van der Waals surface area contributed by atoms with Crippen LogP contribution in [-0.4, -0.2) is 56.7 Å². The van der Waals surface area contributed by atoms with Crippen LogP contribution >= 0.6 is 0 Å². The fourth-order valence-electron chi connectivity index (χ4n) is 3.60. The van der Waals surface area contributed by atoms with Crippen molar-refractivity contribution in [1.29, 1.82) is 0 Å². The number of piperazine rings is 1. The number of hydrogen-bond acceptors (Lipinski definition) is 6.